The van der Waals surface area contributed by atoms with Gasteiger partial charge in [-0.05, 0) is 67.2 Å². The molecule has 2 aliphatic heterocycles. The molecule has 0 saturated carbocycles. The zero-order chi connectivity index (χ0) is 24.8. The maximum Gasteiger partial charge on any atom is 0.227 e. The number of amides is 1. The van der Waals surface area contributed by atoms with Crippen molar-refractivity contribution in [3.05, 3.63) is 102 Å². The fraction of sp³-hybridized carbons (Fsp3) is 0.281. The van der Waals surface area contributed by atoms with E-state index in [2.05, 4.69) is 75.8 Å². The lowest BCUT2D eigenvalue weighted by Crippen LogP contribution is -2.45. The van der Waals surface area contributed by atoms with Crippen LogP contribution in [0.1, 0.15) is 30.4 Å². The van der Waals surface area contributed by atoms with Gasteiger partial charge in [-0.25, -0.2) is 0 Å². The molecule has 7 rings (SSSR count). The summed E-state index contributed by atoms with van der Waals surface area (Å²) in [5, 5.41) is 2.64. The summed E-state index contributed by atoms with van der Waals surface area (Å²) >= 11 is 0. The van der Waals surface area contributed by atoms with Gasteiger partial charge in [0.25, 0.3) is 0 Å². The molecule has 1 amide bonds. The van der Waals surface area contributed by atoms with Crippen molar-refractivity contribution in [1.29, 1.82) is 0 Å². The molecular weight excluding hydrogens is 456 g/mol. The fourth-order valence-corrected chi connectivity index (χ4v) is 6.86. The van der Waals surface area contributed by atoms with Crippen molar-refractivity contribution in [2.45, 2.75) is 24.7 Å². The molecule has 37 heavy (non-hydrogen) atoms. The van der Waals surface area contributed by atoms with Gasteiger partial charge in [0.1, 0.15) is 0 Å². The van der Waals surface area contributed by atoms with E-state index >= 15 is 0 Å². The number of anilines is 1. The number of fused-ring (bicyclic) bond motifs is 2. The molecule has 0 radical (unpaired) electrons. The van der Waals surface area contributed by atoms with Crippen LogP contribution in [0.3, 0.4) is 0 Å². The monoisotopic (exact) mass is 488 g/mol. The molecule has 2 saturated heterocycles. The molecule has 2 aromatic heterocycles. The Hall–Kier alpha value is -3.83. The van der Waals surface area contributed by atoms with E-state index in [1.54, 1.807) is 0 Å². The smallest absolute Gasteiger partial charge is 0.227 e. The zero-order valence-electron chi connectivity index (χ0n) is 21.0. The number of nitrogens with one attached hydrogen (secondary N) is 2. The molecule has 5 heteroatoms. The first kappa shape index (κ1) is 22.4. The maximum atomic E-state index is 12.8. The van der Waals surface area contributed by atoms with Crippen LogP contribution in [0.25, 0.3) is 21.8 Å². The third kappa shape index (κ3) is 3.77. The first-order valence-electron chi connectivity index (χ1n) is 13.4. The highest BCUT2D eigenvalue weighted by Gasteiger charge is 2.42. The molecular formula is C32H32N4O. The largest absolute Gasteiger partial charge is 0.361 e. The number of rotatable bonds is 5. The number of hydrogen-bond acceptors (Lipinski definition) is 2. The van der Waals surface area contributed by atoms with E-state index in [0.717, 1.165) is 44.7 Å². The normalized spacial score (nSPS) is 20.3. The van der Waals surface area contributed by atoms with E-state index in [1.165, 1.54) is 32.9 Å². The number of aromatic nitrogens is 2. The number of likely N-dealkylation sites (tertiary alicyclic amines) is 1. The predicted octanol–water partition coefficient (Wildman–Crippen LogP) is 6.08. The Balaban J connectivity index is 1.16. The van der Waals surface area contributed by atoms with Crippen LogP contribution in [-0.4, -0.2) is 47.0 Å². The second kappa shape index (κ2) is 8.93. The number of carbonyl (C=O) groups is 1. The number of H-pyrrole nitrogens is 2. The molecule has 0 spiro atoms. The van der Waals surface area contributed by atoms with Gasteiger partial charge in [0.2, 0.25) is 5.91 Å². The Labute approximate surface area is 217 Å². The minimum atomic E-state index is -0.0583. The quantitative estimate of drug-likeness (QED) is 0.315. The van der Waals surface area contributed by atoms with Gasteiger partial charge in [0.15, 0.2) is 0 Å². The average molecular weight is 489 g/mol. The van der Waals surface area contributed by atoms with Crippen LogP contribution < -0.4 is 4.90 Å². The minimum Gasteiger partial charge on any atom is -0.361 e. The van der Waals surface area contributed by atoms with E-state index in [-0.39, 0.29) is 11.3 Å². The maximum absolute atomic E-state index is 12.8. The van der Waals surface area contributed by atoms with Gasteiger partial charge < -0.3 is 19.8 Å². The number of hydrogen-bond donors (Lipinski definition) is 2. The van der Waals surface area contributed by atoms with E-state index in [4.69, 9.17) is 0 Å². The summed E-state index contributed by atoms with van der Waals surface area (Å²) < 4.78 is 0. The number of nitrogens with zero attached hydrogens (tertiary/aromatic N) is 2. The number of carbonyl (C=O) groups excluding carboxylic acids is 1. The predicted molar refractivity (Wildman–Crippen MR) is 150 cm³/mol. The SMILES string of the molecule is O=C1CC(CN2CCC(c3c[nH]c4ccccc34)(c3c[nH]c4ccccc34)CC2)CN1c1ccccc1. The number of piperidine rings is 1. The van der Waals surface area contributed by atoms with Crippen LogP contribution >= 0.6 is 0 Å². The molecule has 5 aromatic rings. The van der Waals surface area contributed by atoms with Gasteiger partial charge in [-0.15, -0.1) is 0 Å². The summed E-state index contributed by atoms with van der Waals surface area (Å²) in [6.07, 6.45) is 7.24. The first-order chi connectivity index (χ1) is 18.2. The van der Waals surface area contributed by atoms with Gasteiger partial charge in [-0.1, -0.05) is 54.6 Å². The van der Waals surface area contributed by atoms with Gasteiger partial charge >= 0.3 is 0 Å². The molecule has 2 fully saturated rings. The lowest BCUT2D eigenvalue weighted by molar-refractivity contribution is -0.117. The van der Waals surface area contributed by atoms with Gasteiger partial charge in [0, 0.05) is 64.8 Å². The lowest BCUT2D eigenvalue weighted by Gasteiger charge is -2.43. The number of para-hydroxylation sites is 3. The highest BCUT2D eigenvalue weighted by Crippen LogP contribution is 2.47. The summed E-state index contributed by atoms with van der Waals surface area (Å²) in [6.45, 7) is 3.84. The lowest BCUT2D eigenvalue weighted by atomic mass is 9.67. The fourth-order valence-electron chi connectivity index (χ4n) is 6.86. The first-order valence-corrected chi connectivity index (χ1v) is 13.4. The van der Waals surface area contributed by atoms with Crippen LogP contribution in [0.5, 0.6) is 0 Å². The van der Waals surface area contributed by atoms with Crippen LogP contribution in [0.15, 0.2) is 91.3 Å². The van der Waals surface area contributed by atoms with Gasteiger partial charge in [-0.3, -0.25) is 4.79 Å². The highest BCUT2D eigenvalue weighted by molar-refractivity contribution is 5.95. The highest BCUT2D eigenvalue weighted by atomic mass is 16.2. The Kier molecular flexibility index (Phi) is 5.40. The summed E-state index contributed by atoms with van der Waals surface area (Å²) in [5.74, 6) is 0.626. The summed E-state index contributed by atoms with van der Waals surface area (Å²) in [5.41, 5.74) is 6.16. The third-order valence-corrected chi connectivity index (χ3v) is 8.71. The molecule has 4 heterocycles. The molecule has 0 bridgehead atoms. The van der Waals surface area contributed by atoms with Gasteiger partial charge in [0.05, 0.1) is 0 Å². The Morgan fingerprint density at radius 1 is 0.757 bits per heavy atom. The molecule has 1 atom stereocenters. The molecule has 3 aromatic carbocycles. The molecule has 0 aliphatic carbocycles. The van der Waals surface area contributed by atoms with Crippen LogP contribution in [0.4, 0.5) is 5.69 Å². The average Bonchev–Trinajstić information content (AvgIpc) is 3.67. The van der Waals surface area contributed by atoms with E-state index < -0.39 is 0 Å². The van der Waals surface area contributed by atoms with Crippen molar-refractivity contribution in [1.82, 2.24) is 14.9 Å². The van der Waals surface area contributed by atoms with Crippen molar-refractivity contribution >= 4 is 33.4 Å². The van der Waals surface area contributed by atoms with E-state index in [0.29, 0.717) is 12.3 Å². The summed E-state index contributed by atoms with van der Waals surface area (Å²) in [6, 6.07) is 27.5. The Morgan fingerprint density at radius 3 is 1.95 bits per heavy atom. The summed E-state index contributed by atoms with van der Waals surface area (Å²) in [4.78, 5) is 24.4. The molecule has 186 valence electrons. The van der Waals surface area contributed by atoms with Crippen molar-refractivity contribution < 1.29 is 4.79 Å². The van der Waals surface area contributed by atoms with Crippen LogP contribution in [-0.2, 0) is 10.2 Å². The Bertz CT molecular complexity index is 1480. The number of benzene rings is 3. The van der Waals surface area contributed by atoms with Gasteiger partial charge in [-0.2, -0.15) is 0 Å². The minimum absolute atomic E-state index is 0.0583. The van der Waals surface area contributed by atoms with Crippen LogP contribution in [0.2, 0.25) is 0 Å². The van der Waals surface area contributed by atoms with E-state index in [9.17, 15) is 4.79 Å². The van der Waals surface area contributed by atoms with Crippen molar-refractivity contribution in [2.24, 2.45) is 5.92 Å². The zero-order valence-corrected chi connectivity index (χ0v) is 21.0. The molecule has 1 unspecified atom stereocenters. The summed E-state index contributed by atoms with van der Waals surface area (Å²) in [7, 11) is 0. The standard InChI is InChI=1S/C32H32N4O/c37-31-18-23(22-36(31)24-8-2-1-3-9-24)21-35-16-14-32(15-17-35,27-19-33-29-12-6-4-10-25(27)29)28-20-34-30-13-7-5-11-26(28)30/h1-13,19-20,23,33-34H,14-18,21-22H2. The molecule has 5 nitrogen and oxygen atoms in total. The van der Waals surface area contributed by atoms with Crippen molar-refractivity contribution in [2.75, 3.05) is 31.1 Å². The van der Waals surface area contributed by atoms with Crippen molar-refractivity contribution in [3.8, 4) is 0 Å². The topological polar surface area (TPSA) is 55.1 Å². The second-order valence-electron chi connectivity index (χ2n) is 10.8. The Morgan fingerprint density at radius 2 is 1.32 bits per heavy atom. The third-order valence-electron chi connectivity index (χ3n) is 8.71. The second-order valence-corrected chi connectivity index (χ2v) is 10.8. The number of aromatic amines is 2. The van der Waals surface area contributed by atoms with E-state index in [1.807, 2.05) is 35.2 Å². The molecule has 2 N–H and O–H groups in total. The molecule has 2 aliphatic rings. The van der Waals surface area contributed by atoms with Crippen LogP contribution in [0, 0.1) is 5.92 Å². The van der Waals surface area contributed by atoms with Crippen molar-refractivity contribution in [3.63, 3.8) is 0 Å².